The van der Waals surface area contributed by atoms with Crippen molar-refractivity contribution in [3.8, 4) is 0 Å². The minimum atomic E-state index is 0.416. The number of hydrogen-bond acceptors (Lipinski definition) is 2. The molecule has 0 aromatic heterocycles. The fourth-order valence-corrected chi connectivity index (χ4v) is 1.94. The van der Waals surface area contributed by atoms with E-state index in [1.807, 2.05) is 11.8 Å². The summed E-state index contributed by atoms with van der Waals surface area (Å²) in [6.45, 7) is 6.63. The molecule has 0 aliphatic carbocycles. The maximum Gasteiger partial charge on any atom is 0.00618 e. The molecule has 0 spiro atoms. The van der Waals surface area contributed by atoms with Gasteiger partial charge in [-0.2, -0.15) is 11.8 Å². The van der Waals surface area contributed by atoms with Crippen molar-refractivity contribution in [1.29, 1.82) is 0 Å². The predicted molar refractivity (Wildman–Crippen MR) is 64.3 cm³/mol. The summed E-state index contributed by atoms with van der Waals surface area (Å²) >= 11 is 2.04. The molecule has 0 aromatic carbocycles. The van der Waals surface area contributed by atoms with Crippen molar-refractivity contribution in [2.45, 2.75) is 52.5 Å². The van der Waals surface area contributed by atoms with Crippen LogP contribution in [0.4, 0.5) is 0 Å². The standard InChI is InChI=1S/C11H25NS/c1-4-13-9-7-5-6-8-11(12)10(2)3/h10-11H,4-9,12H2,1-3H3. The second kappa shape index (κ2) is 8.89. The largest absolute Gasteiger partial charge is 0.327 e. The highest BCUT2D eigenvalue weighted by Gasteiger charge is 2.05. The van der Waals surface area contributed by atoms with Crippen molar-refractivity contribution in [2.24, 2.45) is 11.7 Å². The van der Waals surface area contributed by atoms with Crippen LogP contribution in [0.25, 0.3) is 0 Å². The van der Waals surface area contributed by atoms with Crippen LogP contribution < -0.4 is 5.73 Å². The smallest absolute Gasteiger partial charge is 0.00618 e. The first-order valence-electron chi connectivity index (χ1n) is 5.51. The average molecular weight is 203 g/mol. The van der Waals surface area contributed by atoms with Gasteiger partial charge in [-0.1, -0.05) is 33.6 Å². The van der Waals surface area contributed by atoms with Crippen molar-refractivity contribution < 1.29 is 0 Å². The van der Waals surface area contributed by atoms with Crippen molar-refractivity contribution in [1.82, 2.24) is 0 Å². The van der Waals surface area contributed by atoms with Gasteiger partial charge in [0, 0.05) is 6.04 Å². The van der Waals surface area contributed by atoms with Gasteiger partial charge in [-0.05, 0) is 30.3 Å². The summed E-state index contributed by atoms with van der Waals surface area (Å²) in [5.41, 5.74) is 5.95. The van der Waals surface area contributed by atoms with Gasteiger partial charge in [0.15, 0.2) is 0 Å². The highest BCUT2D eigenvalue weighted by atomic mass is 32.2. The third-order valence-electron chi connectivity index (χ3n) is 2.39. The third kappa shape index (κ3) is 8.63. The molecule has 1 nitrogen and oxygen atoms in total. The highest BCUT2D eigenvalue weighted by Crippen LogP contribution is 2.11. The molecule has 0 aromatic rings. The lowest BCUT2D eigenvalue weighted by atomic mass is 9.99. The first-order chi connectivity index (χ1) is 6.18. The molecule has 0 aliphatic heterocycles. The summed E-state index contributed by atoms with van der Waals surface area (Å²) < 4.78 is 0. The molecule has 0 rings (SSSR count). The lowest BCUT2D eigenvalue weighted by Crippen LogP contribution is -2.25. The fourth-order valence-electron chi connectivity index (χ4n) is 1.24. The van der Waals surface area contributed by atoms with E-state index in [1.165, 1.54) is 37.2 Å². The number of unbranched alkanes of at least 4 members (excludes halogenated alkanes) is 2. The zero-order valence-electron chi connectivity index (χ0n) is 9.38. The zero-order chi connectivity index (χ0) is 10.1. The van der Waals surface area contributed by atoms with E-state index >= 15 is 0 Å². The Balaban J connectivity index is 3.07. The Morgan fingerprint density at radius 3 is 2.38 bits per heavy atom. The summed E-state index contributed by atoms with van der Waals surface area (Å²) in [5, 5.41) is 0. The van der Waals surface area contributed by atoms with Crippen molar-refractivity contribution in [3.05, 3.63) is 0 Å². The molecular weight excluding hydrogens is 178 g/mol. The van der Waals surface area contributed by atoms with Crippen LogP contribution in [0.3, 0.4) is 0 Å². The second-order valence-corrected chi connectivity index (χ2v) is 5.35. The number of hydrogen-bond donors (Lipinski definition) is 1. The van der Waals surface area contributed by atoms with E-state index in [4.69, 9.17) is 5.73 Å². The zero-order valence-corrected chi connectivity index (χ0v) is 10.2. The van der Waals surface area contributed by atoms with Gasteiger partial charge in [0.2, 0.25) is 0 Å². The van der Waals surface area contributed by atoms with E-state index in [0.29, 0.717) is 12.0 Å². The Morgan fingerprint density at radius 2 is 1.85 bits per heavy atom. The Labute approximate surface area is 87.9 Å². The SMILES string of the molecule is CCSCCCCCC(N)C(C)C. The van der Waals surface area contributed by atoms with Gasteiger partial charge in [-0.15, -0.1) is 0 Å². The molecule has 0 amide bonds. The monoisotopic (exact) mass is 203 g/mol. The molecule has 2 heteroatoms. The van der Waals surface area contributed by atoms with Gasteiger partial charge in [0.05, 0.1) is 0 Å². The van der Waals surface area contributed by atoms with E-state index in [0.717, 1.165) is 0 Å². The fraction of sp³-hybridized carbons (Fsp3) is 1.00. The third-order valence-corrected chi connectivity index (χ3v) is 3.37. The second-order valence-electron chi connectivity index (χ2n) is 3.95. The van der Waals surface area contributed by atoms with Gasteiger partial charge in [-0.25, -0.2) is 0 Å². The molecule has 2 N–H and O–H groups in total. The minimum Gasteiger partial charge on any atom is -0.327 e. The van der Waals surface area contributed by atoms with Crippen LogP contribution in [0.1, 0.15) is 46.5 Å². The van der Waals surface area contributed by atoms with Crippen LogP contribution in [-0.4, -0.2) is 17.5 Å². The van der Waals surface area contributed by atoms with Crippen LogP contribution in [0, 0.1) is 5.92 Å². The van der Waals surface area contributed by atoms with Crippen molar-refractivity contribution in [3.63, 3.8) is 0 Å². The van der Waals surface area contributed by atoms with Crippen molar-refractivity contribution >= 4 is 11.8 Å². The number of nitrogens with two attached hydrogens (primary N) is 1. The molecule has 1 unspecified atom stereocenters. The summed E-state index contributed by atoms with van der Waals surface area (Å²) in [7, 11) is 0. The van der Waals surface area contributed by atoms with Crippen molar-refractivity contribution in [2.75, 3.05) is 11.5 Å². The molecule has 0 heterocycles. The first-order valence-corrected chi connectivity index (χ1v) is 6.67. The summed E-state index contributed by atoms with van der Waals surface area (Å²) in [6.07, 6.45) is 5.23. The lowest BCUT2D eigenvalue weighted by molar-refractivity contribution is 0.445. The molecule has 0 fully saturated rings. The Kier molecular flexibility index (Phi) is 9.10. The molecule has 0 radical (unpaired) electrons. The minimum absolute atomic E-state index is 0.416. The summed E-state index contributed by atoms with van der Waals surface area (Å²) in [5.74, 6) is 3.23. The molecule has 13 heavy (non-hydrogen) atoms. The van der Waals surface area contributed by atoms with Gasteiger partial charge >= 0.3 is 0 Å². The molecule has 0 saturated carbocycles. The Bertz CT molecular complexity index is 104. The topological polar surface area (TPSA) is 26.0 Å². The molecule has 0 bridgehead atoms. The Morgan fingerprint density at radius 1 is 1.15 bits per heavy atom. The van der Waals surface area contributed by atoms with Crippen LogP contribution in [0.15, 0.2) is 0 Å². The van der Waals surface area contributed by atoms with E-state index < -0.39 is 0 Å². The molecule has 1 atom stereocenters. The predicted octanol–water partition coefficient (Wildman–Crippen LogP) is 3.28. The molecule has 80 valence electrons. The van der Waals surface area contributed by atoms with Crippen LogP contribution in [0.5, 0.6) is 0 Å². The van der Waals surface area contributed by atoms with E-state index in [1.54, 1.807) is 0 Å². The quantitative estimate of drug-likeness (QED) is 0.613. The molecule has 0 aliphatic rings. The molecular formula is C11H25NS. The summed E-state index contributed by atoms with van der Waals surface area (Å²) in [4.78, 5) is 0. The Hall–Kier alpha value is 0.310. The number of rotatable bonds is 8. The first kappa shape index (κ1) is 13.3. The van der Waals surface area contributed by atoms with Crippen LogP contribution >= 0.6 is 11.8 Å². The van der Waals surface area contributed by atoms with E-state index in [9.17, 15) is 0 Å². The van der Waals surface area contributed by atoms with Gasteiger partial charge < -0.3 is 5.73 Å². The average Bonchev–Trinajstić information content (AvgIpc) is 2.10. The van der Waals surface area contributed by atoms with Crippen LogP contribution in [-0.2, 0) is 0 Å². The summed E-state index contributed by atoms with van der Waals surface area (Å²) in [6, 6.07) is 0.416. The van der Waals surface area contributed by atoms with E-state index in [-0.39, 0.29) is 0 Å². The van der Waals surface area contributed by atoms with Crippen LogP contribution in [0.2, 0.25) is 0 Å². The van der Waals surface area contributed by atoms with Gasteiger partial charge in [-0.3, -0.25) is 0 Å². The van der Waals surface area contributed by atoms with Gasteiger partial charge in [0.25, 0.3) is 0 Å². The number of thioether (sulfide) groups is 1. The maximum atomic E-state index is 5.95. The molecule has 0 saturated heterocycles. The normalized spacial score (nSPS) is 13.6. The highest BCUT2D eigenvalue weighted by molar-refractivity contribution is 7.99. The maximum absolute atomic E-state index is 5.95. The van der Waals surface area contributed by atoms with E-state index in [2.05, 4.69) is 20.8 Å². The lowest BCUT2D eigenvalue weighted by Gasteiger charge is -2.14. The van der Waals surface area contributed by atoms with Gasteiger partial charge in [0.1, 0.15) is 0 Å².